The molecule has 0 aromatic heterocycles. The molecule has 0 aliphatic rings. The molecule has 0 unspecified atom stereocenters. The Balaban J connectivity index is 1.86. The van der Waals surface area contributed by atoms with E-state index in [0.29, 0.717) is 16.5 Å². The number of hydrogen-bond acceptors (Lipinski definition) is 4. The lowest BCUT2D eigenvalue weighted by Gasteiger charge is -2.09. The van der Waals surface area contributed by atoms with Gasteiger partial charge in [0.2, 0.25) is 10.0 Å². The van der Waals surface area contributed by atoms with Crippen LogP contribution in [0.4, 0.5) is 5.69 Å². The van der Waals surface area contributed by atoms with Crippen LogP contribution < -0.4 is 15.2 Å². The van der Waals surface area contributed by atoms with E-state index in [4.69, 9.17) is 22.1 Å². The molecule has 0 saturated heterocycles. The third kappa shape index (κ3) is 4.63. The number of sulfonamides is 1. The highest BCUT2D eigenvalue weighted by molar-refractivity contribution is 7.89. The van der Waals surface area contributed by atoms with Gasteiger partial charge in [0.25, 0.3) is 0 Å². The Hall–Kier alpha value is -1.76. The summed E-state index contributed by atoms with van der Waals surface area (Å²) in [5, 5.41) is 0.485. The molecule has 0 fully saturated rings. The zero-order valence-electron chi connectivity index (χ0n) is 11.1. The Labute approximate surface area is 128 Å². The van der Waals surface area contributed by atoms with Gasteiger partial charge in [0.05, 0.1) is 4.90 Å². The van der Waals surface area contributed by atoms with Crippen LogP contribution in [0, 0.1) is 0 Å². The van der Waals surface area contributed by atoms with Crippen molar-refractivity contribution in [3.8, 4) is 5.75 Å². The molecule has 0 bridgehead atoms. The number of hydrogen-bond donors (Lipinski definition) is 2. The molecule has 2 rings (SSSR count). The molecule has 0 radical (unpaired) electrons. The number of nitrogens with one attached hydrogen (secondary N) is 1. The molecule has 7 heteroatoms. The molecule has 0 atom stereocenters. The molecule has 0 aliphatic heterocycles. The van der Waals surface area contributed by atoms with Crippen LogP contribution in [0.3, 0.4) is 0 Å². The summed E-state index contributed by atoms with van der Waals surface area (Å²) in [6.07, 6.45) is 0. The molecule has 0 spiro atoms. The summed E-state index contributed by atoms with van der Waals surface area (Å²) in [5.41, 5.74) is 6.21. The first-order valence-electron chi connectivity index (χ1n) is 6.21. The van der Waals surface area contributed by atoms with Gasteiger partial charge in [-0.05, 0) is 36.4 Å². The highest BCUT2D eigenvalue weighted by Gasteiger charge is 2.12. The maximum atomic E-state index is 12.0. The topological polar surface area (TPSA) is 81.4 Å². The Kier molecular flexibility index (Phi) is 5.06. The van der Waals surface area contributed by atoms with Gasteiger partial charge in [0, 0.05) is 23.3 Å². The predicted molar refractivity (Wildman–Crippen MR) is 83.0 cm³/mol. The van der Waals surface area contributed by atoms with Crippen LogP contribution in [0.1, 0.15) is 0 Å². The lowest BCUT2D eigenvalue weighted by molar-refractivity contribution is 0.323. The maximum Gasteiger partial charge on any atom is 0.240 e. The van der Waals surface area contributed by atoms with Gasteiger partial charge >= 0.3 is 0 Å². The fourth-order valence-electron chi connectivity index (χ4n) is 1.65. The monoisotopic (exact) mass is 326 g/mol. The van der Waals surface area contributed by atoms with Gasteiger partial charge in [-0.25, -0.2) is 13.1 Å². The summed E-state index contributed by atoms with van der Waals surface area (Å²) in [6.45, 7) is 0.357. The van der Waals surface area contributed by atoms with E-state index >= 15 is 0 Å². The summed E-state index contributed by atoms with van der Waals surface area (Å²) in [7, 11) is -3.55. The van der Waals surface area contributed by atoms with Gasteiger partial charge in [-0.1, -0.05) is 17.7 Å². The average molecular weight is 327 g/mol. The van der Waals surface area contributed by atoms with Crippen molar-refractivity contribution in [1.82, 2.24) is 4.72 Å². The van der Waals surface area contributed by atoms with Crippen molar-refractivity contribution in [1.29, 1.82) is 0 Å². The highest BCUT2D eigenvalue weighted by Crippen LogP contribution is 2.15. The van der Waals surface area contributed by atoms with Gasteiger partial charge in [0.15, 0.2) is 0 Å². The summed E-state index contributed by atoms with van der Waals surface area (Å²) >= 11 is 5.72. The predicted octanol–water partition coefficient (Wildman–Crippen LogP) is 2.28. The minimum absolute atomic E-state index is 0.153. The summed E-state index contributed by atoms with van der Waals surface area (Å²) in [5.74, 6) is 0.598. The second kappa shape index (κ2) is 6.80. The molecule has 112 valence electrons. The Morgan fingerprint density at radius 3 is 2.52 bits per heavy atom. The number of nitrogen functional groups attached to an aromatic ring is 1. The van der Waals surface area contributed by atoms with E-state index in [9.17, 15) is 8.42 Å². The first-order chi connectivity index (χ1) is 9.97. The number of benzene rings is 2. The number of anilines is 1. The van der Waals surface area contributed by atoms with Crippen molar-refractivity contribution < 1.29 is 13.2 Å². The Morgan fingerprint density at radius 2 is 1.86 bits per heavy atom. The lowest BCUT2D eigenvalue weighted by Crippen LogP contribution is -2.28. The van der Waals surface area contributed by atoms with Gasteiger partial charge in [-0.15, -0.1) is 0 Å². The molecule has 0 saturated carbocycles. The molecular weight excluding hydrogens is 312 g/mol. The minimum Gasteiger partial charge on any atom is -0.492 e. The van der Waals surface area contributed by atoms with E-state index in [1.807, 2.05) is 0 Å². The summed E-state index contributed by atoms with van der Waals surface area (Å²) < 4.78 is 31.8. The van der Waals surface area contributed by atoms with Gasteiger partial charge in [0.1, 0.15) is 12.4 Å². The molecule has 21 heavy (non-hydrogen) atoms. The quantitative estimate of drug-likeness (QED) is 0.630. The standard InChI is InChI=1S/C14H15ClN2O3S/c15-11-4-6-14(7-5-11)21(18,19)17-8-9-20-13-3-1-2-12(16)10-13/h1-7,10,17H,8-9,16H2. The smallest absolute Gasteiger partial charge is 0.240 e. The Morgan fingerprint density at radius 1 is 1.14 bits per heavy atom. The Bertz CT molecular complexity index is 702. The first kappa shape index (κ1) is 15.6. The van der Waals surface area contributed by atoms with Crippen LogP contribution in [0.25, 0.3) is 0 Å². The average Bonchev–Trinajstić information content (AvgIpc) is 2.44. The SMILES string of the molecule is Nc1cccc(OCCNS(=O)(=O)c2ccc(Cl)cc2)c1. The summed E-state index contributed by atoms with van der Waals surface area (Å²) in [4.78, 5) is 0.163. The van der Waals surface area contributed by atoms with Crippen molar-refractivity contribution in [2.24, 2.45) is 0 Å². The number of nitrogens with two attached hydrogens (primary N) is 1. The fraction of sp³-hybridized carbons (Fsp3) is 0.143. The highest BCUT2D eigenvalue weighted by atomic mass is 35.5. The van der Waals surface area contributed by atoms with E-state index in [1.54, 1.807) is 24.3 Å². The zero-order chi connectivity index (χ0) is 15.3. The normalized spacial score (nSPS) is 11.3. The van der Waals surface area contributed by atoms with Crippen molar-refractivity contribution >= 4 is 27.3 Å². The van der Waals surface area contributed by atoms with Gasteiger partial charge < -0.3 is 10.5 Å². The third-order valence-corrected chi connectivity index (χ3v) is 4.37. The molecule has 0 heterocycles. The van der Waals surface area contributed by atoms with Crippen molar-refractivity contribution in [3.63, 3.8) is 0 Å². The molecule has 2 aromatic carbocycles. The third-order valence-electron chi connectivity index (χ3n) is 2.64. The molecule has 3 N–H and O–H groups in total. The number of halogens is 1. The summed E-state index contributed by atoms with van der Waals surface area (Å²) in [6, 6.07) is 12.9. The first-order valence-corrected chi connectivity index (χ1v) is 8.07. The second-order valence-electron chi connectivity index (χ2n) is 4.27. The van der Waals surface area contributed by atoms with E-state index in [2.05, 4.69) is 4.72 Å². The zero-order valence-corrected chi connectivity index (χ0v) is 12.7. The molecular formula is C14H15ClN2O3S. The van der Waals surface area contributed by atoms with E-state index in [-0.39, 0.29) is 18.0 Å². The van der Waals surface area contributed by atoms with Crippen LogP contribution in [0.15, 0.2) is 53.4 Å². The van der Waals surface area contributed by atoms with Crippen LogP contribution >= 0.6 is 11.6 Å². The van der Waals surface area contributed by atoms with E-state index < -0.39 is 10.0 Å². The molecule has 5 nitrogen and oxygen atoms in total. The van der Waals surface area contributed by atoms with Crippen molar-refractivity contribution in [2.75, 3.05) is 18.9 Å². The van der Waals surface area contributed by atoms with Crippen LogP contribution in [0.5, 0.6) is 5.75 Å². The van der Waals surface area contributed by atoms with Crippen LogP contribution in [0.2, 0.25) is 5.02 Å². The lowest BCUT2D eigenvalue weighted by atomic mass is 10.3. The van der Waals surface area contributed by atoms with Crippen LogP contribution in [-0.4, -0.2) is 21.6 Å². The maximum absolute atomic E-state index is 12.0. The van der Waals surface area contributed by atoms with E-state index in [1.165, 1.54) is 24.3 Å². The van der Waals surface area contributed by atoms with Gasteiger partial charge in [-0.2, -0.15) is 0 Å². The second-order valence-corrected chi connectivity index (χ2v) is 6.48. The van der Waals surface area contributed by atoms with Gasteiger partial charge in [-0.3, -0.25) is 0 Å². The molecule has 0 aliphatic carbocycles. The van der Waals surface area contributed by atoms with Crippen molar-refractivity contribution in [2.45, 2.75) is 4.90 Å². The molecule has 0 amide bonds. The van der Waals surface area contributed by atoms with Crippen LogP contribution in [-0.2, 0) is 10.0 Å². The minimum atomic E-state index is -3.55. The van der Waals surface area contributed by atoms with Crippen molar-refractivity contribution in [3.05, 3.63) is 53.6 Å². The van der Waals surface area contributed by atoms with E-state index in [0.717, 1.165) is 0 Å². The number of ether oxygens (including phenoxy) is 1. The molecule has 2 aromatic rings. The number of rotatable bonds is 6. The largest absolute Gasteiger partial charge is 0.492 e. The fourth-order valence-corrected chi connectivity index (χ4v) is 2.79.